The highest BCUT2D eigenvalue weighted by molar-refractivity contribution is 7.94. The van der Waals surface area contributed by atoms with Crippen LogP contribution in [0.3, 0.4) is 0 Å². The Morgan fingerprint density at radius 1 is 0.805 bits per heavy atom. The molecule has 19 heteroatoms. The lowest BCUT2D eigenvalue weighted by Gasteiger charge is -2.15. The molecule has 0 fully saturated rings. The van der Waals surface area contributed by atoms with Crippen molar-refractivity contribution in [2.45, 2.75) is 14.7 Å². The molecule has 0 radical (unpaired) electrons. The van der Waals surface area contributed by atoms with E-state index < -0.39 is 32.1 Å². The molecular weight excluding hydrogens is 608 g/mol. The van der Waals surface area contributed by atoms with Gasteiger partial charge >= 0.3 is 0 Å². The molecule has 9 N–H and O–H groups in total. The van der Waals surface area contributed by atoms with Crippen molar-refractivity contribution in [2.75, 3.05) is 11.1 Å². The Morgan fingerprint density at radius 2 is 1.51 bits per heavy atom. The van der Waals surface area contributed by atoms with Gasteiger partial charge in [0, 0.05) is 9.79 Å². The van der Waals surface area contributed by atoms with Crippen LogP contribution in [0.25, 0.3) is 10.8 Å². The van der Waals surface area contributed by atoms with E-state index in [0.29, 0.717) is 39.3 Å². The van der Waals surface area contributed by atoms with Gasteiger partial charge in [-0.05, 0) is 53.9 Å². The number of phenolic OH excluding ortho intramolecular Hbond substituents is 3. The molecule has 0 aliphatic carbocycles. The minimum absolute atomic E-state index is 0.0569. The van der Waals surface area contributed by atoms with E-state index in [1.165, 1.54) is 36.4 Å². The van der Waals surface area contributed by atoms with Gasteiger partial charge in [-0.25, -0.2) is 10.5 Å². The summed E-state index contributed by atoms with van der Waals surface area (Å²) in [7, 11) is -4.72. The minimum Gasteiger partial charge on any atom is -0.507 e. The summed E-state index contributed by atoms with van der Waals surface area (Å²) in [5.74, 6) is -1.19. The van der Waals surface area contributed by atoms with Crippen LogP contribution in [0, 0.1) is 0 Å². The Balaban J connectivity index is 1.89. The number of benzene rings is 4. The number of nitrogens with two attached hydrogens (primary N) is 1. The summed E-state index contributed by atoms with van der Waals surface area (Å²) in [5, 5.41) is 67.1. The summed E-state index contributed by atoms with van der Waals surface area (Å²) in [4.78, 5) is 0.0516. The van der Waals surface area contributed by atoms with Crippen molar-refractivity contribution in [3.63, 3.8) is 0 Å². The number of fused-ring (bicyclic) bond motifs is 1. The average molecular weight is 627 g/mol. The molecule has 0 amide bonds. The molecule has 0 heterocycles. The number of aromatic hydroxyl groups is 3. The highest BCUT2D eigenvalue weighted by Crippen LogP contribution is 2.45. The number of phenols is 3. The Hall–Kier alpha value is -3.89. The van der Waals surface area contributed by atoms with E-state index in [4.69, 9.17) is 16.2 Å². The zero-order valence-corrected chi connectivity index (χ0v) is 22.5. The first-order valence-electron chi connectivity index (χ1n) is 10.7. The van der Waals surface area contributed by atoms with E-state index in [9.17, 15) is 28.3 Å². The topological polar surface area (TPSA) is 255 Å². The molecule has 0 unspecified atom stereocenters. The van der Waals surface area contributed by atoms with E-state index >= 15 is 0 Å². The Bertz CT molecular complexity index is 1740. The van der Waals surface area contributed by atoms with Gasteiger partial charge < -0.3 is 26.4 Å². The van der Waals surface area contributed by atoms with Gasteiger partial charge in [0.15, 0.2) is 5.75 Å². The van der Waals surface area contributed by atoms with E-state index in [0.717, 1.165) is 12.1 Å². The molecule has 0 saturated carbocycles. The Morgan fingerprint density at radius 3 is 2.20 bits per heavy atom. The van der Waals surface area contributed by atoms with Crippen molar-refractivity contribution in [2.24, 2.45) is 10.2 Å². The zero-order valence-electron chi connectivity index (χ0n) is 20.0. The van der Waals surface area contributed by atoms with Crippen LogP contribution in [0.2, 0.25) is 0 Å². The first-order chi connectivity index (χ1) is 19.5. The van der Waals surface area contributed by atoms with Gasteiger partial charge in [0.25, 0.3) is 10.1 Å². The SMILES string of the molecule is Nc1cc(S(=O)(=O)O)cc(N=Nc2c(Nc3cc(SOOO)ccc3O)ccc3cc(SOOO)cc(O)c23)c1O. The molecule has 41 heavy (non-hydrogen) atoms. The molecule has 0 atom stereocenters. The molecule has 4 aromatic rings. The Labute approximate surface area is 238 Å². The first-order valence-corrected chi connectivity index (χ1v) is 13.6. The molecule has 4 aromatic carbocycles. The quantitative estimate of drug-likeness (QED) is 0.0186. The van der Waals surface area contributed by atoms with Crippen molar-refractivity contribution in [3.05, 3.63) is 54.6 Å². The lowest BCUT2D eigenvalue weighted by Crippen LogP contribution is -1.99. The maximum Gasteiger partial charge on any atom is 0.294 e. The predicted molar refractivity (Wildman–Crippen MR) is 145 cm³/mol. The largest absolute Gasteiger partial charge is 0.507 e. The van der Waals surface area contributed by atoms with Crippen LogP contribution in [-0.2, 0) is 28.9 Å². The fourth-order valence-corrected chi connectivity index (χ4v) is 4.89. The van der Waals surface area contributed by atoms with Crippen LogP contribution in [-0.4, -0.2) is 38.8 Å². The van der Waals surface area contributed by atoms with Crippen molar-refractivity contribution in [1.29, 1.82) is 0 Å². The van der Waals surface area contributed by atoms with Gasteiger partial charge in [-0.2, -0.15) is 8.42 Å². The fraction of sp³-hybridized carbons (Fsp3) is 0. The normalized spacial score (nSPS) is 11.9. The summed E-state index contributed by atoms with van der Waals surface area (Å²) in [6.07, 6.45) is 0. The number of nitrogens with one attached hydrogen (secondary N) is 1. The molecule has 0 spiro atoms. The number of anilines is 3. The third-order valence-electron chi connectivity index (χ3n) is 5.25. The number of azo groups is 1. The molecular formula is C22H18N4O12S3. The van der Waals surface area contributed by atoms with E-state index in [2.05, 4.69) is 34.3 Å². The number of nitrogen functional groups attached to an aromatic ring is 1. The van der Waals surface area contributed by atoms with Crippen LogP contribution in [0.1, 0.15) is 0 Å². The number of nitrogens with zero attached hydrogens (tertiary/aromatic N) is 2. The molecule has 0 aromatic heterocycles. The van der Waals surface area contributed by atoms with Crippen molar-refractivity contribution in [1.82, 2.24) is 0 Å². The lowest BCUT2D eigenvalue weighted by atomic mass is 10.1. The molecule has 216 valence electrons. The summed E-state index contributed by atoms with van der Waals surface area (Å²) in [6, 6.07) is 11.7. The number of rotatable bonds is 11. The number of hydrogen-bond acceptors (Lipinski definition) is 17. The molecule has 0 saturated heterocycles. The highest BCUT2D eigenvalue weighted by Gasteiger charge is 2.18. The van der Waals surface area contributed by atoms with Crippen molar-refractivity contribution in [3.8, 4) is 17.2 Å². The Kier molecular flexibility index (Phi) is 9.35. The van der Waals surface area contributed by atoms with Gasteiger partial charge in [-0.1, -0.05) is 16.1 Å². The second-order valence-electron chi connectivity index (χ2n) is 7.81. The van der Waals surface area contributed by atoms with Crippen LogP contribution in [0.5, 0.6) is 17.2 Å². The molecule has 4 rings (SSSR count). The maximum atomic E-state index is 11.6. The van der Waals surface area contributed by atoms with Gasteiger partial charge in [0.05, 0.1) is 51.4 Å². The first kappa shape index (κ1) is 30.1. The second-order valence-corrected chi connectivity index (χ2v) is 10.8. The van der Waals surface area contributed by atoms with Crippen LogP contribution < -0.4 is 11.1 Å². The average Bonchev–Trinajstić information content (AvgIpc) is 2.92. The van der Waals surface area contributed by atoms with Gasteiger partial charge in [-0.3, -0.25) is 4.55 Å². The van der Waals surface area contributed by atoms with E-state index in [1.807, 2.05) is 0 Å². The molecule has 0 aliphatic heterocycles. The van der Waals surface area contributed by atoms with Gasteiger partial charge in [-0.15, -0.1) is 18.9 Å². The smallest absolute Gasteiger partial charge is 0.294 e. The molecule has 0 aliphatic rings. The number of hydrogen-bond donors (Lipinski definition) is 8. The fourth-order valence-electron chi connectivity index (χ4n) is 3.52. The maximum absolute atomic E-state index is 11.6. The summed E-state index contributed by atoms with van der Waals surface area (Å²) in [6.45, 7) is 0. The van der Waals surface area contributed by atoms with Crippen LogP contribution in [0.4, 0.5) is 28.4 Å². The zero-order chi connectivity index (χ0) is 29.7. The predicted octanol–water partition coefficient (Wildman–Crippen LogP) is 5.80. The monoisotopic (exact) mass is 626 g/mol. The van der Waals surface area contributed by atoms with Crippen LogP contribution in [0.15, 0.2) is 79.5 Å². The third-order valence-corrected chi connectivity index (χ3v) is 7.21. The van der Waals surface area contributed by atoms with Gasteiger partial charge in [0.2, 0.25) is 0 Å². The molecule has 16 nitrogen and oxygen atoms in total. The summed E-state index contributed by atoms with van der Waals surface area (Å²) >= 11 is 1.21. The van der Waals surface area contributed by atoms with E-state index in [-0.39, 0.29) is 33.9 Å². The molecule has 0 bridgehead atoms. The van der Waals surface area contributed by atoms with E-state index in [1.54, 1.807) is 6.07 Å². The van der Waals surface area contributed by atoms with Crippen molar-refractivity contribution < 1.29 is 57.5 Å². The lowest BCUT2D eigenvalue weighted by molar-refractivity contribution is -0.432. The summed E-state index contributed by atoms with van der Waals surface area (Å²) < 4.78 is 41.5. The van der Waals surface area contributed by atoms with Crippen LogP contribution >= 0.6 is 24.1 Å². The highest BCUT2D eigenvalue weighted by atomic mass is 32.2. The third kappa shape index (κ3) is 7.07. The van der Waals surface area contributed by atoms with Gasteiger partial charge in [0.1, 0.15) is 22.9 Å². The second kappa shape index (κ2) is 12.7. The van der Waals surface area contributed by atoms with Crippen molar-refractivity contribution >= 4 is 73.4 Å². The minimum atomic E-state index is -4.72. The summed E-state index contributed by atoms with van der Waals surface area (Å²) in [5.41, 5.74) is 5.05. The standard InChI is InChI=1S/C22H18N4O12S3/c23-14-8-13(41(32,33)34)9-17(22(14)29)25-26-21-15(24-16-6-11(39-37-35-30)2-4-18(16)27)3-1-10-5-12(40-38-36-31)7-19(28)20(10)21/h1-9,24,27-31H,23H2,(H,32,33,34).